The first-order valence-corrected chi connectivity index (χ1v) is 9.27. The predicted molar refractivity (Wildman–Crippen MR) is 102 cm³/mol. The van der Waals surface area contributed by atoms with E-state index in [1.165, 1.54) is 4.88 Å². The van der Waals surface area contributed by atoms with E-state index in [0.29, 0.717) is 0 Å². The van der Waals surface area contributed by atoms with Crippen molar-refractivity contribution in [2.75, 3.05) is 5.32 Å². The molecule has 7 heteroatoms. The molecule has 4 heterocycles. The van der Waals surface area contributed by atoms with Crippen molar-refractivity contribution < 1.29 is 0 Å². The molecule has 3 aromatic heterocycles. The molecule has 128 valence electrons. The molecular formula is C19H16N6S. The molecule has 5 rings (SSSR count). The van der Waals surface area contributed by atoms with Gasteiger partial charge in [0.05, 0.1) is 28.6 Å². The van der Waals surface area contributed by atoms with E-state index in [4.69, 9.17) is 0 Å². The highest BCUT2D eigenvalue weighted by Crippen LogP contribution is 2.30. The minimum Gasteiger partial charge on any atom is -0.339 e. The summed E-state index contributed by atoms with van der Waals surface area (Å²) in [4.78, 5) is 21.2. The van der Waals surface area contributed by atoms with Crippen LogP contribution in [0.25, 0.3) is 10.9 Å². The summed E-state index contributed by atoms with van der Waals surface area (Å²) >= 11 is 1.68. The zero-order chi connectivity index (χ0) is 17.3. The van der Waals surface area contributed by atoms with Crippen molar-refractivity contribution in [3.05, 3.63) is 70.7 Å². The van der Waals surface area contributed by atoms with Gasteiger partial charge < -0.3 is 5.32 Å². The Morgan fingerprint density at radius 1 is 1.08 bits per heavy atom. The lowest BCUT2D eigenvalue weighted by molar-refractivity contribution is 0.276. The van der Waals surface area contributed by atoms with Crippen LogP contribution in [0.4, 0.5) is 11.5 Å². The Bertz CT molecular complexity index is 1060. The molecule has 0 fully saturated rings. The standard InChI is InChI=1S/C19H16N6S/c1-2-4-17-13(3-1)5-14(6-21-17)24-19-16-9-25(8-15-7-20-12-26-15)10-18(16)22-11-23-19/h1-7,11-12H,8-10H2,(H,22,23,24). The maximum atomic E-state index is 4.51. The van der Waals surface area contributed by atoms with Gasteiger partial charge in [-0.1, -0.05) is 18.2 Å². The van der Waals surface area contributed by atoms with Crippen LogP contribution in [0, 0.1) is 0 Å². The maximum Gasteiger partial charge on any atom is 0.138 e. The second-order valence-corrected chi connectivity index (χ2v) is 7.27. The zero-order valence-corrected chi connectivity index (χ0v) is 14.8. The predicted octanol–water partition coefficient (Wildman–Crippen LogP) is 3.74. The Morgan fingerprint density at radius 3 is 2.96 bits per heavy atom. The summed E-state index contributed by atoms with van der Waals surface area (Å²) in [6.45, 7) is 2.55. The van der Waals surface area contributed by atoms with Gasteiger partial charge in [-0.25, -0.2) is 9.97 Å². The van der Waals surface area contributed by atoms with Gasteiger partial charge in [0.1, 0.15) is 12.1 Å². The lowest BCUT2D eigenvalue weighted by atomic mass is 10.2. The maximum absolute atomic E-state index is 4.51. The van der Waals surface area contributed by atoms with E-state index in [9.17, 15) is 0 Å². The molecule has 0 aliphatic carbocycles. The summed E-state index contributed by atoms with van der Waals surface area (Å²) in [5.74, 6) is 0.860. The number of hydrogen-bond acceptors (Lipinski definition) is 7. The second kappa shape index (κ2) is 6.44. The number of thiazole rings is 1. The van der Waals surface area contributed by atoms with E-state index in [2.05, 4.69) is 42.3 Å². The van der Waals surface area contributed by atoms with Crippen molar-refractivity contribution in [2.45, 2.75) is 19.6 Å². The van der Waals surface area contributed by atoms with Gasteiger partial charge >= 0.3 is 0 Å². The normalized spacial score (nSPS) is 13.8. The molecule has 0 bridgehead atoms. The molecule has 0 radical (unpaired) electrons. The minimum atomic E-state index is 0.831. The Labute approximate surface area is 154 Å². The first-order chi connectivity index (χ1) is 12.8. The number of para-hydroxylation sites is 1. The van der Waals surface area contributed by atoms with Crippen LogP contribution in [0.1, 0.15) is 16.1 Å². The average molecular weight is 360 g/mol. The summed E-state index contributed by atoms with van der Waals surface area (Å²) in [7, 11) is 0. The fraction of sp³-hybridized carbons (Fsp3) is 0.158. The van der Waals surface area contributed by atoms with Crippen molar-refractivity contribution in [3.8, 4) is 0 Å². The molecule has 0 saturated carbocycles. The lowest BCUT2D eigenvalue weighted by Crippen LogP contribution is -2.15. The van der Waals surface area contributed by atoms with Crippen molar-refractivity contribution >= 4 is 33.7 Å². The number of nitrogens with one attached hydrogen (secondary N) is 1. The fourth-order valence-corrected chi connectivity index (χ4v) is 3.91. The summed E-state index contributed by atoms with van der Waals surface area (Å²) in [6.07, 6.45) is 5.41. The van der Waals surface area contributed by atoms with Crippen LogP contribution in [-0.4, -0.2) is 24.8 Å². The Morgan fingerprint density at radius 2 is 2.04 bits per heavy atom. The minimum absolute atomic E-state index is 0.831. The van der Waals surface area contributed by atoms with Crippen molar-refractivity contribution in [2.24, 2.45) is 0 Å². The van der Waals surface area contributed by atoms with Crippen molar-refractivity contribution in [1.82, 2.24) is 24.8 Å². The molecule has 4 aromatic rings. The van der Waals surface area contributed by atoms with Gasteiger partial charge in [0.2, 0.25) is 0 Å². The third-order valence-corrected chi connectivity index (χ3v) is 5.27. The number of benzene rings is 1. The highest BCUT2D eigenvalue weighted by atomic mass is 32.1. The Kier molecular flexibility index (Phi) is 3.80. The van der Waals surface area contributed by atoms with Gasteiger partial charge in [0, 0.05) is 41.7 Å². The van der Waals surface area contributed by atoms with Crippen LogP contribution in [-0.2, 0) is 19.6 Å². The first-order valence-electron chi connectivity index (χ1n) is 8.39. The topological polar surface area (TPSA) is 66.8 Å². The highest BCUT2D eigenvalue weighted by molar-refractivity contribution is 7.09. The van der Waals surface area contributed by atoms with Crippen LogP contribution in [0.5, 0.6) is 0 Å². The summed E-state index contributed by atoms with van der Waals surface area (Å²) in [5.41, 5.74) is 6.04. The quantitative estimate of drug-likeness (QED) is 0.598. The molecule has 26 heavy (non-hydrogen) atoms. The molecule has 1 aromatic carbocycles. The van der Waals surface area contributed by atoms with Gasteiger partial charge in [-0.15, -0.1) is 11.3 Å². The molecule has 0 saturated heterocycles. The van der Waals surface area contributed by atoms with Gasteiger partial charge in [-0.05, 0) is 12.1 Å². The largest absolute Gasteiger partial charge is 0.339 e. The number of pyridine rings is 1. The van der Waals surface area contributed by atoms with Gasteiger partial charge in [-0.2, -0.15) is 0 Å². The Balaban J connectivity index is 1.40. The smallest absolute Gasteiger partial charge is 0.138 e. The van der Waals surface area contributed by atoms with E-state index in [-0.39, 0.29) is 0 Å². The molecular weight excluding hydrogens is 344 g/mol. The zero-order valence-electron chi connectivity index (χ0n) is 14.0. The molecule has 1 N–H and O–H groups in total. The third kappa shape index (κ3) is 2.91. The van der Waals surface area contributed by atoms with Crippen LogP contribution in [0.2, 0.25) is 0 Å². The highest BCUT2D eigenvalue weighted by Gasteiger charge is 2.24. The lowest BCUT2D eigenvalue weighted by Gasteiger charge is -2.13. The molecule has 0 atom stereocenters. The van der Waals surface area contributed by atoms with Gasteiger partial charge in [-0.3, -0.25) is 14.9 Å². The fourth-order valence-electron chi connectivity index (χ4n) is 3.28. The molecule has 6 nitrogen and oxygen atoms in total. The van der Waals surface area contributed by atoms with E-state index >= 15 is 0 Å². The monoisotopic (exact) mass is 360 g/mol. The van der Waals surface area contributed by atoms with E-state index in [1.807, 2.05) is 36.1 Å². The van der Waals surface area contributed by atoms with Crippen LogP contribution < -0.4 is 5.32 Å². The van der Waals surface area contributed by atoms with Gasteiger partial charge in [0.25, 0.3) is 0 Å². The van der Waals surface area contributed by atoms with Crippen molar-refractivity contribution in [3.63, 3.8) is 0 Å². The van der Waals surface area contributed by atoms with Crippen LogP contribution in [0.15, 0.2) is 54.6 Å². The molecule has 1 aliphatic heterocycles. The van der Waals surface area contributed by atoms with Gasteiger partial charge in [0.15, 0.2) is 0 Å². The third-order valence-electron chi connectivity index (χ3n) is 4.51. The summed E-state index contributed by atoms with van der Waals surface area (Å²) in [6, 6.07) is 10.2. The summed E-state index contributed by atoms with van der Waals surface area (Å²) < 4.78 is 0. The van der Waals surface area contributed by atoms with E-state index < -0.39 is 0 Å². The number of rotatable bonds is 4. The molecule has 0 amide bonds. The molecule has 0 unspecified atom stereocenters. The molecule has 1 aliphatic rings. The number of nitrogens with zero attached hydrogens (tertiary/aromatic N) is 5. The second-order valence-electron chi connectivity index (χ2n) is 6.30. The summed E-state index contributed by atoms with van der Waals surface area (Å²) in [5, 5.41) is 4.53. The van der Waals surface area contributed by atoms with Crippen molar-refractivity contribution in [1.29, 1.82) is 0 Å². The van der Waals surface area contributed by atoms with Crippen LogP contribution in [0.3, 0.4) is 0 Å². The first kappa shape index (κ1) is 15.4. The van der Waals surface area contributed by atoms with E-state index in [0.717, 1.165) is 53.3 Å². The number of aromatic nitrogens is 4. The Hall–Kier alpha value is -2.90. The number of anilines is 2. The number of fused-ring (bicyclic) bond motifs is 2. The number of hydrogen-bond donors (Lipinski definition) is 1. The van der Waals surface area contributed by atoms with Crippen LogP contribution >= 0.6 is 11.3 Å². The molecule has 0 spiro atoms. The SMILES string of the molecule is c1ccc2ncc(Nc3ncnc4c3CN(Cc3cncs3)C4)cc2c1. The van der Waals surface area contributed by atoms with E-state index in [1.54, 1.807) is 17.7 Å². The average Bonchev–Trinajstić information content (AvgIpc) is 3.32.